The van der Waals surface area contributed by atoms with Gasteiger partial charge in [0.2, 0.25) is 5.95 Å². The Morgan fingerprint density at radius 3 is 2.38 bits per heavy atom. The van der Waals surface area contributed by atoms with Crippen LogP contribution < -0.4 is 10.6 Å². The highest BCUT2D eigenvalue weighted by Gasteiger charge is 2.12. The molecular weight excluding hydrogens is 308 g/mol. The highest BCUT2D eigenvalue weighted by Crippen LogP contribution is 2.15. The number of hydrogen-bond donors (Lipinski definition) is 2. The number of amides is 1. The van der Waals surface area contributed by atoms with E-state index in [1.807, 2.05) is 13.8 Å². The Balaban J connectivity index is 2.19. The van der Waals surface area contributed by atoms with Crippen molar-refractivity contribution in [2.45, 2.75) is 26.8 Å². The van der Waals surface area contributed by atoms with Gasteiger partial charge in [0, 0.05) is 17.4 Å². The number of carbonyl (C=O) groups excluding carboxylic acids is 2. The van der Waals surface area contributed by atoms with E-state index in [2.05, 4.69) is 25.3 Å². The average molecular weight is 328 g/mol. The molecule has 0 radical (unpaired) electrons. The van der Waals surface area contributed by atoms with E-state index in [0.717, 1.165) is 0 Å². The fraction of sp³-hybridized carbons (Fsp3) is 0.294. The smallest absolute Gasteiger partial charge is 0.337 e. The number of nitrogens with one attached hydrogen (secondary N) is 2. The number of anilines is 2. The maximum atomic E-state index is 12.1. The van der Waals surface area contributed by atoms with Gasteiger partial charge in [-0.05, 0) is 51.1 Å². The molecule has 2 N–H and O–H groups in total. The van der Waals surface area contributed by atoms with E-state index in [1.165, 1.54) is 7.11 Å². The molecule has 1 heterocycles. The van der Waals surface area contributed by atoms with E-state index >= 15 is 0 Å². The fourth-order valence-electron chi connectivity index (χ4n) is 2.01. The predicted octanol–water partition coefficient (Wildman–Crippen LogP) is 2.45. The third kappa shape index (κ3) is 4.52. The summed E-state index contributed by atoms with van der Waals surface area (Å²) in [5.41, 5.74) is 2.12. The minimum absolute atomic E-state index is 0.0232. The first-order valence-corrected chi connectivity index (χ1v) is 7.51. The molecule has 0 spiro atoms. The van der Waals surface area contributed by atoms with Crippen LogP contribution in [0.5, 0.6) is 0 Å². The zero-order valence-electron chi connectivity index (χ0n) is 14.1. The minimum atomic E-state index is -0.402. The van der Waals surface area contributed by atoms with Crippen molar-refractivity contribution in [3.05, 3.63) is 47.3 Å². The topological polar surface area (TPSA) is 93.2 Å². The van der Waals surface area contributed by atoms with Gasteiger partial charge in [-0.3, -0.25) is 4.79 Å². The van der Waals surface area contributed by atoms with E-state index in [-0.39, 0.29) is 11.9 Å². The van der Waals surface area contributed by atoms with Crippen molar-refractivity contribution in [1.82, 2.24) is 15.3 Å². The summed E-state index contributed by atoms with van der Waals surface area (Å²) in [7, 11) is 1.33. The average Bonchev–Trinajstić information content (AvgIpc) is 2.53. The summed E-state index contributed by atoms with van der Waals surface area (Å²) in [6.45, 7) is 5.56. The van der Waals surface area contributed by atoms with Crippen molar-refractivity contribution in [1.29, 1.82) is 0 Å². The second kappa shape index (κ2) is 7.54. The van der Waals surface area contributed by atoms with Gasteiger partial charge in [0.1, 0.15) is 5.69 Å². The molecule has 7 nitrogen and oxygen atoms in total. The summed E-state index contributed by atoms with van der Waals surface area (Å²) in [5, 5.41) is 5.82. The lowest BCUT2D eigenvalue weighted by Gasteiger charge is -2.10. The number of nitrogens with zero attached hydrogens (tertiary/aromatic N) is 2. The quantitative estimate of drug-likeness (QED) is 0.819. The molecule has 1 aromatic heterocycles. The standard InChI is InChI=1S/C17H20N4O3/c1-10(2)18-15(22)14-9-11(3)19-17(21-14)20-13-7-5-12(6-8-13)16(23)24-4/h5-10H,1-4H3,(H,18,22)(H,19,20,21). The van der Waals surface area contributed by atoms with Crippen LogP contribution in [0.3, 0.4) is 0 Å². The fourth-order valence-corrected chi connectivity index (χ4v) is 2.01. The number of carbonyl (C=O) groups is 2. The van der Waals surface area contributed by atoms with E-state index < -0.39 is 5.97 Å². The van der Waals surface area contributed by atoms with Crippen molar-refractivity contribution in [3.63, 3.8) is 0 Å². The molecule has 126 valence electrons. The molecule has 1 aromatic carbocycles. The van der Waals surface area contributed by atoms with Gasteiger partial charge in [-0.15, -0.1) is 0 Å². The zero-order valence-corrected chi connectivity index (χ0v) is 14.1. The maximum Gasteiger partial charge on any atom is 0.337 e. The number of methoxy groups -OCH3 is 1. The molecule has 2 rings (SSSR count). The Morgan fingerprint density at radius 1 is 1.12 bits per heavy atom. The largest absolute Gasteiger partial charge is 0.465 e. The van der Waals surface area contributed by atoms with Crippen LogP contribution in [-0.4, -0.2) is 35.0 Å². The number of ether oxygens (including phenoxy) is 1. The number of hydrogen-bond acceptors (Lipinski definition) is 6. The summed E-state index contributed by atoms with van der Waals surface area (Å²) in [6, 6.07) is 8.35. The maximum absolute atomic E-state index is 12.1. The molecule has 1 amide bonds. The minimum Gasteiger partial charge on any atom is -0.465 e. The Morgan fingerprint density at radius 2 is 1.79 bits per heavy atom. The van der Waals surface area contributed by atoms with Gasteiger partial charge < -0.3 is 15.4 Å². The van der Waals surface area contributed by atoms with E-state index in [9.17, 15) is 9.59 Å². The summed E-state index contributed by atoms with van der Waals surface area (Å²) >= 11 is 0. The first kappa shape index (κ1) is 17.4. The van der Waals surface area contributed by atoms with Crippen molar-refractivity contribution in [3.8, 4) is 0 Å². The molecule has 0 saturated heterocycles. The van der Waals surface area contributed by atoms with Crippen LogP contribution in [-0.2, 0) is 4.74 Å². The van der Waals surface area contributed by atoms with Crippen LogP contribution in [0.25, 0.3) is 0 Å². The van der Waals surface area contributed by atoms with Gasteiger partial charge in [0.15, 0.2) is 0 Å². The first-order chi connectivity index (χ1) is 11.4. The van der Waals surface area contributed by atoms with Gasteiger partial charge in [0.25, 0.3) is 5.91 Å². The molecule has 24 heavy (non-hydrogen) atoms. The molecule has 0 bridgehead atoms. The molecule has 0 aliphatic heterocycles. The Labute approximate surface area is 140 Å². The molecule has 0 unspecified atom stereocenters. The van der Waals surface area contributed by atoms with Gasteiger partial charge >= 0.3 is 5.97 Å². The van der Waals surface area contributed by atoms with E-state index in [4.69, 9.17) is 0 Å². The summed E-state index contributed by atoms with van der Waals surface area (Å²) < 4.78 is 4.66. The Kier molecular flexibility index (Phi) is 5.47. The van der Waals surface area contributed by atoms with Gasteiger partial charge in [-0.25, -0.2) is 14.8 Å². The second-order valence-corrected chi connectivity index (χ2v) is 5.54. The third-order valence-electron chi connectivity index (χ3n) is 3.07. The summed E-state index contributed by atoms with van der Waals surface area (Å²) in [4.78, 5) is 32.0. The summed E-state index contributed by atoms with van der Waals surface area (Å²) in [5.74, 6) is -0.338. The van der Waals surface area contributed by atoms with Crippen molar-refractivity contribution < 1.29 is 14.3 Å². The van der Waals surface area contributed by atoms with Crippen molar-refractivity contribution >= 4 is 23.5 Å². The monoisotopic (exact) mass is 328 g/mol. The molecule has 2 aromatic rings. The molecule has 7 heteroatoms. The Hall–Kier alpha value is -2.96. The van der Waals surface area contributed by atoms with Crippen molar-refractivity contribution in [2.75, 3.05) is 12.4 Å². The molecule has 0 aliphatic carbocycles. The van der Waals surface area contributed by atoms with Gasteiger partial charge in [0.05, 0.1) is 12.7 Å². The highest BCUT2D eigenvalue weighted by molar-refractivity contribution is 5.93. The molecular formula is C17H20N4O3. The highest BCUT2D eigenvalue weighted by atomic mass is 16.5. The predicted molar refractivity (Wildman–Crippen MR) is 90.4 cm³/mol. The van der Waals surface area contributed by atoms with Crippen LogP contribution in [0.1, 0.15) is 40.4 Å². The number of aryl methyl sites for hydroxylation is 1. The summed E-state index contributed by atoms with van der Waals surface area (Å²) in [6.07, 6.45) is 0. The number of aromatic nitrogens is 2. The van der Waals surface area contributed by atoms with Crippen LogP contribution in [0.4, 0.5) is 11.6 Å². The molecule has 0 atom stereocenters. The lowest BCUT2D eigenvalue weighted by atomic mass is 10.2. The lowest BCUT2D eigenvalue weighted by molar-refractivity contribution is 0.0600. The first-order valence-electron chi connectivity index (χ1n) is 7.51. The van der Waals surface area contributed by atoms with Crippen LogP contribution in [0, 0.1) is 6.92 Å². The third-order valence-corrected chi connectivity index (χ3v) is 3.07. The van der Waals surface area contributed by atoms with Crippen molar-refractivity contribution in [2.24, 2.45) is 0 Å². The van der Waals surface area contributed by atoms with Crippen LogP contribution in [0.15, 0.2) is 30.3 Å². The lowest BCUT2D eigenvalue weighted by Crippen LogP contribution is -2.31. The zero-order chi connectivity index (χ0) is 17.7. The Bertz CT molecular complexity index is 742. The number of esters is 1. The van der Waals surface area contributed by atoms with Gasteiger partial charge in [-0.1, -0.05) is 0 Å². The van der Waals surface area contributed by atoms with Crippen LogP contribution in [0.2, 0.25) is 0 Å². The molecule has 0 aliphatic rings. The SMILES string of the molecule is COC(=O)c1ccc(Nc2nc(C)cc(C(=O)NC(C)C)n2)cc1. The molecule has 0 saturated carbocycles. The normalized spacial score (nSPS) is 10.4. The molecule has 0 fully saturated rings. The van der Waals surface area contributed by atoms with Gasteiger partial charge in [-0.2, -0.15) is 0 Å². The van der Waals surface area contributed by atoms with E-state index in [0.29, 0.717) is 28.6 Å². The van der Waals surface area contributed by atoms with Crippen LogP contribution >= 0.6 is 0 Å². The number of rotatable bonds is 5. The second-order valence-electron chi connectivity index (χ2n) is 5.54. The number of benzene rings is 1. The van der Waals surface area contributed by atoms with E-state index in [1.54, 1.807) is 37.3 Å².